The van der Waals surface area contributed by atoms with Crippen LogP contribution in [0.3, 0.4) is 0 Å². The standard InChI is InChI=1S/C25H34N2O3S/c1-3-30-15-8-14-26(25(29)22-11-7-12-22)19-24(28)27(17-21-9-5-4-6-10-21)18-23-20(2)13-16-31-23/h4-6,9-10,13,16,22H,3,7-8,11-12,14-15,17-19H2,1-2H3. The average molecular weight is 443 g/mol. The van der Waals surface area contributed by atoms with Gasteiger partial charge in [-0.1, -0.05) is 36.8 Å². The molecule has 168 valence electrons. The Morgan fingerprint density at radius 1 is 1.10 bits per heavy atom. The van der Waals surface area contributed by atoms with Crippen LogP contribution in [0.25, 0.3) is 0 Å². The van der Waals surface area contributed by atoms with E-state index in [-0.39, 0.29) is 24.3 Å². The second kappa shape index (κ2) is 12.0. The predicted molar refractivity (Wildman–Crippen MR) is 125 cm³/mol. The van der Waals surface area contributed by atoms with Crippen LogP contribution in [0.2, 0.25) is 0 Å². The van der Waals surface area contributed by atoms with Gasteiger partial charge in [0.15, 0.2) is 0 Å². The molecule has 0 unspecified atom stereocenters. The molecule has 31 heavy (non-hydrogen) atoms. The molecule has 2 aromatic rings. The molecule has 1 saturated carbocycles. The van der Waals surface area contributed by atoms with Gasteiger partial charge < -0.3 is 14.5 Å². The molecular weight excluding hydrogens is 408 g/mol. The van der Waals surface area contributed by atoms with Crippen molar-refractivity contribution in [1.29, 1.82) is 0 Å². The molecule has 0 aliphatic heterocycles. The maximum Gasteiger partial charge on any atom is 0.242 e. The number of carbonyl (C=O) groups is 2. The van der Waals surface area contributed by atoms with Gasteiger partial charge in [-0.15, -0.1) is 11.3 Å². The highest BCUT2D eigenvalue weighted by atomic mass is 32.1. The largest absolute Gasteiger partial charge is 0.382 e. The van der Waals surface area contributed by atoms with Gasteiger partial charge in [0.2, 0.25) is 11.8 Å². The number of benzene rings is 1. The van der Waals surface area contributed by atoms with E-state index in [1.54, 1.807) is 16.2 Å². The number of ether oxygens (including phenoxy) is 1. The van der Waals surface area contributed by atoms with Crippen LogP contribution >= 0.6 is 11.3 Å². The van der Waals surface area contributed by atoms with Gasteiger partial charge in [0.1, 0.15) is 0 Å². The second-order valence-electron chi connectivity index (χ2n) is 8.20. The quantitative estimate of drug-likeness (QED) is 0.450. The Bertz CT molecular complexity index is 832. The molecule has 1 aromatic heterocycles. The number of nitrogens with zero attached hydrogens (tertiary/aromatic N) is 2. The molecule has 1 fully saturated rings. The Kier molecular flexibility index (Phi) is 9.10. The van der Waals surface area contributed by atoms with Gasteiger partial charge >= 0.3 is 0 Å². The summed E-state index contributed by atoms with van der Waals surface area (Å²) in [5, 5.41) is 2.07. The molecule has 0 atom stereocenters. The van der Waals surface area contributed by atoms with Crippen LogP contribution in [0, 0.1) is 12.8 Å². The molecule has 5 nitrogen and oxygen atoms in total. The summed E-state index contributed by atoms with van der Waals surface area (Å²) in [6.07, 6.45) is 3.74. The number of aryl methyl sites for hydroxylation is 1. The van der Waals surface area contributed by atoms with Crippen molar-refractivity contribution in [2.45, 2.75) is 52.6 Å². The first-order chi connectivity index (χ1) is 15.1. The number of thiophene rings is 1. The van der Waals surface area contributed by atoms with Gasteiger partial charge in [0.05, 0.1) is 13.1 Å². The summed E-state index contributed by atoms with van der Waals surface area (Å²) in [6, 6.07) is 12.1. The Labute approximate surface area is 190 Å². The zero-order valence-corrected chi connectivity index (χ0v) is 19.5. The first-order valence-electron chi connectivity index (χ1n) is 11.3. The van der Waals surface area contributed by atoms with E-state index in [9.17, 15) is 9.59 Å². The third-order valence-electron chi connectivity index (χ3n) is 5.88. The van der Waals surface area contributed by atoms with E-state index in [1.165, 1.54) is 10.4 Å². The molecule has 1 aliphatic carbocycles. The molecule has 1 aliphatic rings. The van der Waals surface area contributed by atoms with E-state index < -0.39 is 0 Å². The average Bonchev–Trinajstić information content (AvgIpc) is 3.13. The molecule has 0 bridgehead atoms. The molecule has 0 N–H and O–H groups in total. The SMILES string of the molecule is CCOCCCN(CC(=O)N(Cc1ccccc1)Cc1sccc1C)C(=O)C1CCC1. The molecule has 0 spiro atoms. The lowest BCUT2D eigenvalue weighted by Gasteiger charge is -2.33. The lowest BCUT2D eigenvalue weighted by Crippen LogP contribution is -2.46. The summed E-state index contributed by atoms with van der Waals surface area (Å²) < 4.78 is 5.45. The highest BCUT2D eigenvalue weighted by Crippen LogP contribution is 2.28. The predicted octanol–water partition coefficient (Wildman–Crippen LogP) is 4.64. The summed E-state index contributed by atoms with van der Waals surface area (Å²) in [5.41, 5.74) is 2.30. The molecule has 6 heteroatoms. The van der Waals surface area contributed by atoms with E-state index >= 15 is 0 Å². The van der Waals surface area contributed by atoms with E-state index in [2.05, 4.69) is 18.4 Å². The van der Waals surface area contributed by atoms with Gasteiger partial charge in [0, 0.05) is 37.1 Å². The Hall–Kier alpha value is -2.18. The van der Waals surface area contributed by atoms with Crippen LogP contribution in [-0.2, 0) is 27.4 Å². The van der Waals surface area contributed by atoms with E-state index in [1.807, 2.05) is 42.2 Å². The summed E-state index contributed by atoms with van der Waals surface area (Å²) in [6.45, 7) is 7.15. The fourth-order valence-corrected chi connectivity index (χ4v) is 4.64. The van der Waals surface area contributed by atoms with Crippen LogP contribution in [0.15, 0.2) is 41.8 Å². The van der Waals surface area contributed by atoms with Crippen molar-refractivity contribution in [1.82, 2.24) is 9.80 Å². The minimum Gasteiger partial charge on any atom is -0.382 e. The Balaban J connectivity index is 1.71. The number of carbonyl (C=O) groups excluding carboxylic acids is 2. The first-order valence-corrected chi connectivity index (χ1v) is 12.2. The Morgan fingerprint density at radius 3 is 2.48 bits per heavy atom. The van der Waals surface area contributed by atoms with Gasteiger partial charge in [-0.2, -0.15) is 0 Å². The molecule has 0 saturated heterocycles. The van der Waals surface area contributed by atoms with Crippen molar-refractivity contribution in [3.05, 3.63) is 57.8 Å². The van der Waals surface area contributed by atoms with Crippen LogP contribution in [-0.4, -0.2) is 47.9 Å². The molecule has 0 radical (unpaired) electrons. The highest BCUT2D eigenvalue weighted by Gasteiger charge is 2.31. The van der Waals surface area contributed by atoms with Crippen LogP contribution in [0.1, 0.15) is 48.6 Å². The van der Waals surface area contributed by atoms with Gasteiger partial charge in [-0.3, -0.25) is 9.59 Å². The van der Waals surface area contributed by atoms with Gasteiger partial charge in [0.25, 0.3) is 0 Å². The monoisotopic (exact) mass is 442 g/mol. The fraction of sp³-hybridized carbons (Fsp3) is 0.520. The lowest BCUT2D eigenvalue weighted by atomic mass is 9.84. The number of amides is 2. The normalized spacial score (nSPS) is 13.6. The topological polar surface area (TPSA) is 49.9 Å². The number of hydrogen-bond donors (Lipinski definition) is 0. The number of hydrogen-bond acceptors (Lipinski definition) is 4. The van der Waals surface area contributed by atoms with Gasteiger partial charge in [-0.25, -0.2) is 0 Å². The lowest BCUT2D eigenvalue weighted by molar-refractivity contribution is -0.145. The molecular formula is C25H34N2O3S. The third-order valence-corrected chi connectivity index (χ3v) is 6.89. The van der Waals surface area contributed by atoms with Crippen LogP contribution < -0.4 is 0 Å². The van der Waals surface area contributed by atoms with E-state index in [0.717, 1.165) is 31.2 Å². The van der Waals surface area contributed by atoms with Crippen molar-refractivity contribution in [3.8, 4) is 0 Å². The summed E-state index contributed by atoms with van der Waals surface area (Å²) in [4.78, 5) is 31.3. The Morgan fingerprint density at radius 2 is 1.87 bits per heavy atom. The second-order valence-corrected chi connectivity index (χ2v) is 9.20. The van der Waals surface area contributed by atoms with Crippen molar-refractivity contribution in [2.75, 3.05) is 26.3 Å². The summed E-state index contributed by atoms with van der Waals surface area (Å²) >= 11 is 1.68. The number of rotatable bonds is 12. The zero-order chi connectivity index (χ0) is 22.1. The van der Waals surface area contributed by atoms with Gasteiger partial charge in [-0.05, 0) is 55.7 Å². The fourth-order valence-electron chi connectivity index (χ4n) is 3.72. The summed E-state index contributed by atoms with van der Waals surface area (Å²) in [5.74, 6) is 0.214. The minimum atomic E-state index is 0.000682. The van der Waals surface area contributed by atoms with Crippen molar-refractivity contribution >= 4 is 23.2 Å². The minimum absolute atomic E-state index is 0.000682. The van der Waals surface area contributed by atoms with Crippen molar-refractivity contribution in [2.24, 2.45) is 5.92 Å². The van der Waals surface area contributed by atoms with Crippen molar-refractivity contribution in [3.63, 3.8) is 0 Å². The van der Waals surface area contributed by atoms with E-state index in [4.69, 9.17) is 4.74 Å². The maximum absolute atomic E-state index is 13.4. The maximum atomic E-state index is 13.4. The van der Waals surface area contributed by atoms with E-state index in [0.29, 0.717) is 32.8 Å². The molecule has 1 aromatic carbocycles. The third kappa shape index (κ3) is 6.91. The summed E-state index contributed by atoms with van der Waals surface area (Å²) in [7, 11) is 0. The molecule has 1 heterocycles. The zero-order valence-electron chi connectivity index (χ0n) is 18.7. The smallest absolute Gasteiger partial charge is 0.242 e. The van der Waals surface area contributed by atoms with Crippen molar-refractivity contribution < 1.29 is 14.3 Å². The first kappa shape index (κ1) is 23.5. The molecule has 2 amide bonds. The van der Waals surface area contributed by atoms with Crippen LogP contribution in [0.4, 0.5) is 0 Å². The van der Waals surface area contributed by atoms with Crippen LogP contribution in [0.5, 0.6) is 0 Å². The molecule has 3 rings (SSSR count). The highest BCUT2D eigenvalue weighted by molar-refractivity contribution is 7.10.